The first-order chi connectivity index (χ1) is 17.9. The van der Waals surface area contributed by atoms with Crippen molar-refractivity contribution in [3.63, 3.8) is 0 Å². The molecule has 5 rings (SSSR count). The van der Waals surface area contributed by atoms with Crippen molar-refractivity contribution in [1.82, 2.24) is 20.2 Å². The number of likely N-dealkylation sites (tertiary alicyclic amines) is 1. The molecule has 0 bridgehead atoms. The maximum absolute atomic E-state index is 12.5. The number of fused-ring (bicyclic) bond motifs is 1. The van der Waals surface area contributed by atoms with Crippen molar-refractivity contribution in [2.45, 2.75) is 64.5 Å². The Morgan fingerprint density at radius 2 is 1.89 bits per heavy atom. The number of amides is 1. The minimum Gasteiger partial charge on any atom is -0.444 e. The third-order valence-corrected chi connectivity index (χ3v) is 8.33. The van der Waals surface area contributed by atoms with Gasteiger partial charge in [0.05, 0.1) is 5.39 Å². The molecular formula is C29H39N5O2S. The van der Waals surface area contributed by atoms with Gasteiger partial charge < -0.3 is 19.9 Å². The number of hydrogen-bond acceptors (Lipinski definition) is 7. The van der Waals surface area contributed by atoms with Crippen LogP contribution in [0.5, 0.6) is 0 Å². The molecule has 8 heteroatoms. The van der Waals surface area contributed by atoms with Crippen molar-refractivity contribution < 1.29 is 9.53 Å². The van der Waals surface area contributed by atoms with Gasteiger partial charge in [-0.3, -0.25) is 0 Å². The Balaban J connectivity index is 1.11. The normalized spacial score (nSPS) is 19.1. The fourth-order valence-electron chi connectivity index (χ4n) is 5.55. The summed E-state index contributed by atoms with van der Waals surface area (Å²) in [5.41, 5.74) is 2.00. The summed E-state index contributed by atoms with van der Waals surface area (Å²) in [6, 6.07) is 10.8. The van der Waals surface area contributed by atoms with Gasteiger partial charge in [0.15, 0.2) is 0 Å². The maximum Gasteiger partial charge on any atom is 0.410 e. The van der Waals surface area contributed by atoms with E-state index in [2.05, 4.69) is 50.9 Å². The van der Waals surface area contributed by atoms with Crippen LogP contribution in [0.15, 0.2) is 42.0 Å². The molecule has 1 aromatic carbocycles. The van der Waals surface area contributed by atoms with E-state index in [1.54, 1.807) is 17.7 Å². The predicted molar refractivity (Wildman–Crippen MR) is 151 cm³/mol. The summed E-state index contributed by atoms with van der Waals surface area (Å²) in [7, 11) is 0. The Hall–Kier alpha value is -2.71. The molecule has 198 valence electrons. The zero-order valence-electron chi connectivity index (χ0n) is 22.3. The molecule has 0 aliphatic carbocycles. The Morgan fingerprint density at radius 1 is 1.11 bits per heavy atom. The number of piperidine rings is 1. The lowest BCUT2D eigenvalue weighted by Gasteiger charge is -2.33. The summed E-state index contributed by atoms with van der Waals surface area (Å²) in [4.78, 5) is 27.3. The van der Waals surface area contributed by atoms with Crippen molar-refractivity contribution in [2.75, 3.05) is 37.6 Å². The Labute approximate surface area is 224 Å². The average molecular weight is 522 g/mol. The summed E-state index contributed by atoms with van der Waals surface area (Å²) in [5.74, 6) is 1.73. The lowest BCUT2D eigenvalue weighted by Crippen LogP contribution is -2.41. The predicted octanol–water partition coefficient (Wildman–Crippen LogP) is 5.95. The van der Waals surface area contributed by atoms with Crippen LogP contribution in [-0.2, 0) is 4.74 Å². The topological polar surface area (TPSA) is 70.6 Å². The van der Waals surface area contributed by atoms with Gasteiger partial charge in [-0.15, -0.1) is 11.3 Å². The van der Waals surface area contributed by atoms with Crippen LogP contribution in [0.4, 0.5) is 10.6 Å². The molecule has 2 aliphatic heterocycles. The molecule has 1 amide bonds. The van der Waals surface area contributed by atoms with E-state index in [4.69, 9.17) is 9.72 Å². The van der Waals surface area contributed by atoms with E-state index in [1.165, 1.54) is 16.5 Å². The van der Waals surface area contributed by atoms with Gasteiger partial charge in [-0.1, -0.05) is 30.3 Å². The van der Waals surface area contributed by atoms with E-state index in [1.807, 2.05) is 25.7 Å². The molecule has 2 saturated heterocycles. The van der Waals surface area contributed by atoms with Crippen LogP contribution in [0.3, 0.4) is 0 Å². The molecule has 1 atom stereocenters. The quantitative estimate of drug-likeness (QED) is 0.387. The van der Waals surface area contributed by atoms with E-state index >= 15 is 0 Å². The molecule has 1 unspecified atom stereocenters. The summed E-state index contributed by atoms with van der Waals surface area (Å²) in [6.45, 7) is 10.6. The Morgan fingerprint density at radius 3 is 2.65 bits per heavy atom. The number of benzene rings is 1. The summed E-state index contributed by atoms with van der Waals surface area (Å²) in [5, 5.41) is 7.07. The van der Waals surface area contributed by atoms with E-state index in [0.29, 0.717) is 5.92 Å². The largest absolute Gasteiger partial charge is 0.444 e. The number of ether oxygens (including phenoxy) is 1. The number of nitrogens with zero attached hydrogens (tertiary/aromatic N) is 4. The fourth-order valence-corrected chi connectivity index (χ4v) is 6.46. The smallest absolute Gasteiger partial charge is 0.410 e. The highest BCUT2D eigenvalue weighted by Gasteiger charge is 2.32. The summed E-state index contributed by atoms with van der Waals surface area (Å²) < 4.78 is 5.61. The first-order valence-corrected chi connectivity index (χ1v) is 14.5. The fraction of sp³-hybridized carbons (Fsp3) is 0.552. The van der Waals surface area contributed by atoms with Crippen molar-refractivity contribution in [2.24, 2.45) is 5.92 Å². The monoisotopic (exact) mass is 521 g/mol. The molecular weight excluding hydrogens is 482 g/mol. The number of rotatable bonds is 7. The van der Waals surface area contributed by atoms with Gasteiger partial charge in [0, 0.05) is 36.6 Å². The lowest BCUT2D eigenvalue weighted by molar-refractivity contribution is 0.0220. The van der Waals surface area contributed by atoms with Crippen LogP contribution >= 0.6 is 11.3 Å². The molecule has 2 aliphatic rings. The molecule has 0 saturated carbocycles. The zero-order chi connectivity index (χ0) is 25.8. The van der Waals surface area contributed by atoms with Crippen LogP contribution in [-0.4, -0.2) is 65.3 Å². The molecule has 4 heterocycles. The second kappa shape index (κ2) is 11.4. The number of nitrogens with one attached hydrogen (secondary N) is 1. The lowest BCUT2D eigenvalue weighted by atomic mass is 9.96. The average Bonchev–Trinajstić information content (AvgIpc) is 3.54. The number of hydrogen-bond donors (Lipinski definition) is 1. The van der Waals surface area contributed by atoms with Gasteiger partial charge in [0.1, 0.15) is 22.6 Å². The van der Waals surface area contributed by atoms with E-state index in [9.17, 15) is 4.79 Å². The van der Waals surface area contributed by atoms with Crippen LogP contribution in [0.1, 0.15) is 52.9 Å². The first-order valence-electron chi connectivity index (χ1n) is 13.6. The van der Waals surface area contributed by atoms with Crippen molar-refractivity contribution in [1.29, 1.82) is 0 Å². The van der Waals surface area contributed by atoms with Gasteiger partial charge in [-0.25, -0.2) is 14.8 Å². The third kappa shape index (κ3) is 6.24. The highest BCUT2D eigenvalue weighted by molar-refractivity contribution is 7.17. The van der Waals surface area contributed by atoms with E-state index < -0.39 is 5.60 Å². The number of aromatic nitrogens is 2. The number of carbonyl (C=O) groups is 1. The Bertz CT molecular complexity index is 1180. The molecule has 37 heavy (non-hydrogen) atoms. The second-order valence-corrected chi connectivity index (χ2v) is 12.1. The zero-order valence-corrected chi connectivity index (χ0v) is 23.1. The van der Waals surface area contributed by atoms with Crippen LogP contribution < -0.4 is 10.2 Å². The van der Waals surface area contributed by atoms with E-state index in [0.717, 1.165) is 75.5 Å². The van der Waals surface area contributed by atoms with Crippen LogP contribution in [0.25, 0.3) is 21.3 Å². The highest BCUT2D eigenvalue weighted by atomic mass is 32.1. The standard InChI is InChI=1S/C29H39N5O2S/c1-29(2,3)36-28(35)34-15-7-10-23(34)11-14-30-18-21-12-16-33(17-13-21)26-25-24(22-8-5-4-6-9-22)19-37-27(25)32-20-31-26/h4-6,8-9,19-21,23,30H,7,10-18H2,1-3H3. The molecule has 0 radical (unpaired) electrons. The first kappa shape index (κ1) is 25.9. The second-order valence-electron chi connectivity index (χ2n) is 11.3. The molecule has 2 aromatic heterocycles. The molecule has 2 fully saturated rings. The molecule has 3 aromatic rings. The number of thiophene rings is 1. The van der Waals surface area contributed by atoms with Crippen molar-refractivity contribution in [3.05, 3.63) is 42.0 Å². The molecule has 0 spiro atoms. The van der Waals surface area contributed by atoms with Crippen LogP contribution in [0, 0.1) is 5.92 Å². The van der Waals surface area contributed by atoms with E-state index in [-0.39, 0.29) is 12.1 Å². The molecule has 7 nitrogen and oxygen atoms in total. The minimum absolute atomic E-state index is 0.165. The maximum atomic E-state index is 12.5. The Kier molecular flexibility index (Phi) is 7.95. The van der Waals surface area contributed by atoms with Crippen LogP contribution in [0.2, 0.25) is 0 Å². The number of anilines is 1. The van der Waals surface area contributed by atoms with Gasteiger partial charge in [0.2, 0.25) is 0 Å². The van der Waals surface area contributed by atoms with Crippen molar-refractivity contribution in [3.8, 4) is 11.1 Å². The van der Waals surface area contributed by atoms with Crippen molar-refractivity contribution >= 4 is 33.5 Å². The third-order valence-electron chi connectivity index (χ3n) is 7.44. The number of carbonyl (C=O) groups excluding carboxylic acids is 1. The van der Waals surface area contributed by atoms with Gasteiger partial charge >= 0.3 is 6.09 Å². The minimum atomic E-state index is -0.443. The van der Waals surface area contributed by atoms with Gasteiger partial charge in [-0.2, -0.15) is 0 Å². The summed E-state index contributed by atoms with van der Waals surface area (Å²) in [6.07, 6.45) is 6.96. The van der Waals surface area contributed by atoms with Gasteiger partial charge in [-0.05, 0) is 77.4 Å². The summed E-state index contributed by atoms with van der Waals surface area (Å²) >= 11 is 1.70. The molecule has 1 N–H and O–H groups in total. The van der Waals surface area contributed by atoms with Gasteiger partial charge in [0.25, 0.3) is 0 Å². The highest BCUT2D eigenvalue weighted by Crippen LogP contribution is 2.38. The SMILES string of the molecule is CC(C)(C)OC(=O)N1CCCC1CCNCC1CCN(c2ncnc3scc(-c4ccccc4)c23)CC1.